The number of ether oxygens (including phenoxy) is 1. The quantitative estimate of drug-likeness (QED) is 0.849. The zero-order valence-corrected chi connectivity index (χ0v) is 15.1. The van der Waals surface area contributed by atoms with Crippen LogP contribution in [0, 0.1) is 11.8 Å². The number of aliphatic hydroxyl groups is 1. The van der Waals surface area contributed by atoms with Crippen LogP contribution in [0.4, 0.5) is 0 Å². The first-order valence-electron chi connectivity index (χ1n) is 9.45. The number of oxazole rings is 1. The lowest BCUT2D eigenvalue weighted by atomic mass is 9.96. The van der Waals surface area contributed by atoms with Gasteiger partial charge in [0.2, 0.25) is 5.89 Å². The van der Waals surface area contributed by atoms with E-state index in [2.05, 4.69) is 14.8 Å². The molecule has 0 amide bonds. The Kier molecular flexibility index (Phi) is 5.65. The van der Waals surface area contributed by atoms with Crippen molar-refractivity contribution < 1.29 is 14.3 Å². The maximum atomic E-state index is 9.80. The third-order valence-electron chi connectivity index (χ3n) is 5.44. The fraction of sp³-hybridized carbons (Fsp3) is 0.550. The van der Waals surface area contributed by atoms with Crippen LogP contribution in [0.25, 0.3) is 11.5 Å². The van der Waals surface area contributed by atoms with Crippen LogP contribution in [0.15, 0.2) is 41.0 Å². The first-order valence-corrected chi connectivity index (χ1v) is 9.45. The van der Waals surface area contributed by atoms with Crippen LogP contribution in [0.5, 0.6) is 0 Å². The highest BCUT2D eigenvalue weighted by molar-refractivity contribution is 5.52. The molecule has 0 unspecified atom stereocenters. The molecule has 140 valence electrons. The van der Waals surface area contributed by atoms with Crippen LogP contribution >= 0.6 is 0 Å². The van der Waals surface area contributed by atoms with E-state index in [1.54, 1.807) is 6.26 Å². The summed E-state index contributed by atoms with van der Waals surface area (Å²) >= 11 is 0. The number of benzene rings is 1. The van der Waals surface area contributed by atoms with Gasteiger partial charge in [0.05, 0.1) is 18.9 Å². The average molecular weight is 357 g/mol. The Morgan fingerprint density at radius 2 is 1.81 bits per heavy atom. The molecule has 2 saturated heterocycles. The summed E-state index contributed by atoms with van der Waals surface area (Å²) in [7, 11) is 0. The van der Waals surface area contributed by atoms with Gasteiger partial charge >= 0.3 is 0 Å². The van der Waals surface area contributed by atoms with Crippen molar-refractivity contribution in [2.45, 2.75) is 6.54 Å². The minimum absolute atomic E-state index is 0.250. The standard InChI is InChI=1S/C20H27N3O3/c24-14-18-12-23(11-17(18)10-22-6-8-25-9-7-22)13-19-15-26-20(21-19)16-4-2-1-3-5-16/h1-5,15,17-18,24H,6-14H2/t17-,18-/m1/s1. The second kappa shape index (κ2) is 8.31. The minimum atomic E-state index is 0.250. The molecule has 2 aromatic rings. The molecule has 2 aliphatic heterocycles. The van der Waals surface area contributed by atoms with Gasteiger partial charge in [-0.15, -0.1) is 0 Å². The summed E-state index contributed by atoms with van der Waals surface area (Å²) in [5.41, 5.74) is 1.95. The van der Waals surface area contributed by atoms with E-state index in [0.717, 1.165) is 63.7 Å². The second-order valence-corrected chi connectivity index (χ2v) is 7.32. The van der Waals surface area contributed by atoms with Crippen LogP contribution in [-0.4, -0.2) is 72.4 Å². The summed E-state index contributed by atoms with van der Waals surface area (Å²) in [6.45, 7) is 7.61. The van der Waals surface area contributed by atoms with Crippen molar-refractivity contribution in [2.75, 3.05) is 52.5 Å². The molecule has 1 aromatic carbocycles. The number of rotatable bonds is 6. The van der Waals surface area contributed by atoms with E-state index in [1.807, 2.05) is 30.3 Å². The number of aromatic nitrogens is 1. The normalized spacial score (nSPS) is 25.0. The molecule has 0 spiro atoms. The SMILES string of the molecule is OC[C@H]1CN(Cc2coc(-c3ccccc3)n2)C[C@H]1CN1CCOCC1. The van der Waals surface area contributed by atoms with E-state index in [4.69, 9.17) is 9.15 Å². The molecule has 0 saturated carbocycles. The van der Waals surface area contributed by atoms with Crippen molar-refractivity contribution in [3.05, 3.63) is 42.3 Å². The average Bonchev–Trinajstić information content (AvgIpc) is 3.30. The zero-order valence-electron chi connectivity index (χ0n) is 15.1. The molecular weight excluding hydrogens is 330 g/mol. The number of likely N-dealkylation sites (tertiary alicyclic amines) is 1. The van der Waals surface area contributed by atoms with Crippen molar-refractivity contribution >= 4 is 0 Å². The van der Waals surface area contributed by atoms with E-state index in [9.17, 15) is 5.11 Å². The van der Waals surface area contributed by atoms with Gasteiger partial charge in [-0.1, -0.05) is 18.2 Å². The number of nitrogens with zero attached hydrogens (tertiary/aromatic N) is 3. The molecule has 3 heterocycles. The molecule has 1 N–H and O–H groups in total. The Balaban J connectivity index is 1.36. The van der Waals surface area contributed by atoms with E-state index >= 15 is 0 Å². The molecule has 26 heavy (non-hydrogen) atoms. The van der Waals surface area contributed by atoms with Crippen molar-refractivity contribution in [1.82, 2.24) is 14.8 Å². The first-order chi connectivity index (χ1) is 12.8. The van der Waals surface area contributed by atoms with Crippen LogP contribution in [-0.2, 0) is 11.3 Å². The Morgan fingerprint density at radius 3 is 2.58 bits per heavy atom. The number of aliphatic hydroxyl groups excluding tert-OH is 1. The van der Waals surface area contributed by atoms with Crippen molar-refractivity contribution in [3.8, 4) is 11.5 Å². The van der Waals surface area contributed by atoms with Gasteiger partial charge < -0.3 is 14.3 Å². The molecule has 0 radical (unpaired) electrons. The molecular formula is C20H27N3O3. The predicted molar refractivity (Wildman–Crippen MR) is 98.5 cm³/mol. The van der Waals surface area contributed by atoms with Crippen molar-refractivity contribution in [3.63, 3.8) is 0 Å². The van der Waals surface area contributed by atoms with E-state index in [-0.39, 0.29) is 6.61 Å². The van der Waals surface area contributed by atoms with Crippen LogP contribution in [0.2, 0.25) is 0 Å². The summed E-state index contributed by atoms with van der Waals surface area (Å²) in [6.07, 6.45) is 1.76. The maximum Gasteiger partial charge on any atom is 0.226 e. The molecule has 0 aliphatic carbocycles. The molecule has 1 aromatic heterocycles. The van der Waals surface area contributed by atoms with E-state index in [1.165, 1.54) is 0 Å². The highest BCUT2D eigenvalue weighted by atomic mass is 16.5. The summed E-state index contributed by atoms with van der Waals surface area (Å²) in [5.74, 6) is 1.50. The number of morpholine rings is 1. The molecule has 6 nitrogen and oxygen atoms in total. The molecule has 4 rings (SSSR count). The van der Waals surface area contributed by atoms with Gasteiger partial charge in [0, 0.05) is 51.4 Å². The Labute approximate surface area is 154 Å². The van der Waals surface area contributed by atoms with E-state index in [0.29, 0.717) is 17.7 Å². The molecule has 2 atom stereocenters. The lowest BCUT2D eigenvalue weighted by molar-refractivity contribution is 0.0264. The maximum absolute atomic E-state index is 9.80. The number of hydrogen-bond donors (Lipinski definition) is 1. The third kappa shape index (κ3) is 4.15. The highest BCUT2D eigenvalue weighted by Gasteiger charge is 2.34. The molecule has 2 aliphatic rings. The summed E-state index contributed by atoms with van der Waals surface area (Å²) in [4.78, 5) is 9.49. The predicted octanol–water partition coefficient (Wildman–Crippen LogP) is 1.71. The third-order valence-corrected chi connectivity index (χ3v) is 5.44. The fourth-order valence-corrected chi connectivity index (χ4v) is 4.02. The summed E-state index contributed by atoms with van der Waals surface area (Å²) in [6, 6.07) is 9.97. The van der Waals surface area contributed by atoms with Gasteiger partial charge in [-0.2, -0.15) is 0 Å². The van der Waals surface area contributed by atoms with Gasteiger partial charge in [0.15, 0.2) is 0 Å². The smallest absolute Gasteiger partial charge is 0.226 e. The Hall–Kier alpha value is -1.73. The number of hydrogen-bond acceptors (Lipinski definition) is 6. The van der Waals surface area contributed by atoms with Gasteiger partial charge in [-0.05, 0) is 24.0 Å². The Morgan fingerprint density at radius 1 is 1.04 bits per heavy atom. The lowest BCUT2D eigenvalue weighted by Crippen LogP contribution is -2.41. The topological polar surface area (TPSA) is 62.0 Å². The monoisotopic (exact) mass is 357 g/mol. The van der Waals surface area contributed by atoms with Gasteiger partial charge in [0.1, 0.15) is 6.26 Å². The fourth-order valence-electron chi connectivity index (χ4n) is 4.02. The van der Waals surface area contributed by atoms with Gasteiger partial charge in [-0.3, -0.25) is 9.80 Å². The molecule has 2 fully saturated rings. The van der Waals surface area contributed by atoms with Crippen LogP contribution in [0.1, 0.15) is 5.69 Å². The van der Waals surface area contributed by atoms with Crippen molar-refractivity contribution in [2.24, 2.45) is 11.8 Å². The first kappa shape index (κ1) is 17.7. The van der Waals surface area contributed by atoms with Crippen LogP contribution in [0.3, 0.4) is 0 Å². The van der Waals surface area contributed by atoms with Crippen molar-refractivity contribution in [1.29, 1.82) is 0 Å². The van der Waals surface area contributed by atoms with E-state index < -0.39 is 0 Å². The highest BCUT2D eigenvalue weighted by Crippen LogP contribution is 2.26. The van der Waals surface area contributed by atoms with Gasteiger partial charge in [0.25, 0.3) is 0 Å². The van der Waals surface area contributed by atoms with Gasteiger partial charge in [-0.25, -0.2) is 4.98 Å². The molecule has 0 bridgehead atoms. The lowest BCUT2D eigenvalue weighted by Gasteiger charge is -2.30. The summed E-state index contributed by atoms with van der Waals surface area (Å²) in [5, 5.41) is 9.80. The second-order valence-electron chi connectivity index (χ2n) is 7.32. The summed E-state index contributed by atoms with van der Waals surface area (Å²) < 4.78 is 11.1. The largest absolute Gasteiger partial charge is 0.444 e. The minimum Gasteiger partial charge on any atom is -0.444 e. The Bertz CT molecular complexity index is 685. The van der Waals surface area contributed by atoms with Crippen LogP contribution < -0.4 is 0 Å². The molecule has 6 heteroatoms. The zero-order chi connectivity index (χ0) is 17.8.